The number of nitrogens with one attached hydrogen (secondary N) is 1. The van der Waals surface area contributed by atoms with Crippen molar-refractivity contribution in [3.63, 3.8) is 0 Å². The van der Waals surface area contributed by atoms with E-state index in [-0.39, 0.29) is 17.5 Å². The van der Waals surface area contributed by atoms with Gasteiger partial charge in [-0.1, -0.05) is 6.07 Å². The van der Waals surface area contributed by atoms with Crippen LogP contribution in [0.25, 0.3) is 0 Å². The molecule has 3 N–H and O–H groups in total. The molecular formula is C12H17BrN2O4S. The molecule has 0 aromatic heterocycles. The fourth-order valence-electron chi connectivity index (χ4n) is 1.82. The number of halogens is 1. The Labute approximate surface area is 126 Å². The van der Waals surface area contributed by atoms with Gasteiger partial charge in [-0.2, -0.15) is 0 Å². The van der Waals surface area contributed by atoms with Crippen molar-refractivity contribution < 1.29 is 17.9 Å². The molecular weight excluding hydrogens is 348 g/mol. The van der Waals surface area contributed by atoms with Crippen LogP contribution in [0.4, 0.5) is 0 Å². The van der Waals surface area contributed by atoms with E-state index < -0.39 is 10.0 Å². The molecule has 1 unspecified atom stereocenters. The third-order valence-corrected chi connectivity index (χ3v) is 5.31. The zero-order valence-corrected chi connectivity index (χ0v) is 13.2. The Hall–Kier alpha value is -0.510. The van der Waals surface area contributed by atoms with Crippen LogP contribution in [0.15, 0.2) is 27.6 Å². The van der Waals surface area contributed by atoms with Gasteiger partial charge in [0.1, 0.15) is 0 Å². The fraction of sp³-hybridized carbons (Fsp3) is 0.500. The number of benzene rings is 1. The summed E-state index contributed by atoms with van der Waals surface area (Å²) in [4.78, 5) is 0.187. The van der Waals surface area contributed by atoms with Gasteiger partial charge in [0, 0.05) is 17.6 Å². The summed E-state index contributed by atoms with van der Waals surface area (Å²) in [6.45, 7) is 1.99. The van der Waals surface area contributed by atoms with Crippen LogP contribution < -0.4 is 10.5 Å². The average molecular weight is 365 g/mol. The Kier molecular flexibility index (Phi) is 5.53. The summed E-state index contributed by atoms with van der Waals surface area (Å²) in [5.74, 6) is 0. The Morgan fingerprint density at radius 1 is 1.40 bits per heavy atom. The Bertz CT molecular complexity index is 559. The SMILES string of the molecule is NCc1ccc(S(=O)(=O)NCC2COCCO2)c(Br)c1. The van der Waals surface area contributed by atoms with Crippen LogP contribution in [-0.4, -0.2) is 40.9 Å². The van der Waals surface area contributed by atoms with Crippen molar-refractivity contribution in [1.82, 2.24) is 4.72 Å². The summed E-state index contributed by atoms with van der Waals surface area (Å²) in [7, 11) is -3.59. The number of hydrogen-bond donors (Lipinski definition) is 2. The quantitative estimate of drug-likeness (QED) is 0.798. The summed E-state index contributed by atoms with van der Waals surface area (Å²) in [6.07, 6.45) is -0.249. The largest absolute Gasteiger partial charge is 0.376 e. The summed E-state index contributed by atoms with van der Waals surface area (Å²) in [5.41, 5.74) is 6.38. The van der Waals surface area contributed by atoms with Gasteiger partial charge in [0.05, 0.1) is 30.8 Å². The molecule has 1 aliphatic rings. The molecule has 1 saturated heterocycles. The molecule has 1 aromatic carbocycles. The fourth-order valence-corrected chi connectivity index (χ4v) is 4.01. The molecule has 2 rings (SSSR count). The topological polar surface area (TPSA) is 90.7 Å². The number of sulfonamides is 1. The van der Waals surface area contributed by atoms with Crippen molar-refractivity contribution in [2.45, 2.75) is 17.5 Å². The molecule has 1 atom stereocenters. The maximum Gasteiger partial charge on any atom is 0.241 e. The molecule has 1 aromatic rings. The van der Waals surface area contributed by atoms with Crippen LogP contribution in [-0.2, 0) is 26.0 Å². The molecule has 1 fully saturated rings. The molecule has 20 heavy (non-hydrogen) atoms. The van der Waals surface area contributed by atoms with Gasteiger partial charge in [-0.3, -0.25) is 0 Å². The molecule has 0 radical (unpaired) electrons. The second-order valence-electron chi connectivity index (χ2n) is 4.39. The van der Waals surface area contributed by atoms with Crippen LogP contribution in [0.1, 0.15) is 5.56 Å². The monoisotopic (exact) mass is 364 g/mol. The second-order valence-corrected chi connectivity index (χ2v) is 6.98. The van der Waals surface area contributed by atoms with E-state index in [4.69, 9.17) is 15.2 Å². The third kappa shape index (κ3) is 4.00. The summed E-state index contributed by atoms with van der Waals surface area (Å²) in [5, 5.41) is 0. The van der Waals surface area contributed by atoms with Crippen molar-refractivity contribution in [3.05, 3.63) is 28.2 Å². The molecule has 0 bridgehead atoms. The van der Waals surface area contributed by atoms with Crippen molar-refractivity contribution in [2.24, 2.45) is 5.73 Å². The Morgan fingerprint density at radius 2 is 2.20 bits per heavy atom. The van der Waals surface area contributed by atoms with E-state index in [2.05, 4.69) is 20.7 Å². The van der Waals surface area contributed by atoms with Crippen molar-refractivity contribution in [1.29, 1.82) is 0 Å². The van der Waals surface area contributed by atoms with E-state index in [1.54, 1.807) is 12.1 Å². The smallest absolute Gasteiger partial charge is 0.241 e. The molecule has 6 nitrogen and oxygen atoms in total. The lowest BCUT2D eigenvalue weighted by Gasteiger charge is -2.23. The predicted molar refractivity (Wildman–Crippen MR) is 77.8 cm³/mol. The maximum atomic E-state index is 12.2. The van der Waals surface area contributed by atoms with E-state index in [1.807, 2.05) is 0 Å². The van der Waals surface area contributed by atoms with Gasteiger partial charge < -0.3 is 15.2 Å². The van der Waals surface area contributed by atoms with Crippen molar-refractivity contribution >= 4 is 26.0 Å². The van der Waals surface area contributed by atoms with Gasteiger partial charge in [0.15, 0.2) is 0 Å². The minimum Gasteiger partial charge on any atom is -0.376 e. The molecule has 0 saturated carbocycles. The molecule has 0 amide bonds. The van der Waals surface area contributed by atoms with Crippen molar-refractivity contribution in [3.8, 4) is 0 Å². The third-order valence-electron chi connectivity index (χ3n) is 2.91. The summed E-state index contributed by atoms with van der Waals surface area (Å²) in [6, 6.07) is 4.93. The number of rotatable bonds is 5. The van der Waals surface area contributed by atoms with Crippen LogP contribution >= 0.6 is 15.9 Å². The normalized spacial score (nSPS) is 20.0. The first-order valence-corrected chi connectivity index (χ1v) is 8.48. The molecule has 112 valence electrons. The molecule has 8 heteroatoms. The Balaban J connectivity index is 2.05. The average Bonchev–Trinajstić information content (AvgIpc) is 2.46. The lowest BCUT2D eigenvalue weighted by molar-refractivity contribution is -0.0846. The molecule has 1 heterocycles. The number of hydrogen-bond acceptors (Lipinski definition) is 5. The highest BCUT2D eigenvalue weighted by molar-refractivity contribution is 9.10. The van der Waals surface area contributed by atoms with E-state index in [0.29, 0.717) is 30.8 Å². The van der Waals surface area contributed by atoms with Crippen LogP contribution in [0.2, 0.25) is 0 Å². The van der Waals surface area contributed by atoms with Crippen LogP contribution in [0.5, 0.6) is 0 Å². The number of ether oxygens (including phenoxy) is 2. The van der Waals surface area contributed by atoms with Gasteiger partial charge >= 0.3 is 0 Å². The summed E-state index contributed by atoms with van der Waals surface area (Å²) < 4.78 is 38.1. The highest BCUT2D eigenvalue weighted by Crippen LogP contribution is 2.23. The van der Waals surface area contributed by atoms with E-state index in [0.717, 1.165) is 5.56 Å². The first-order chi connectivity index (χ1) is 9.53. The van der Waals surface area contributed by atoms with Gasteiger partial charge in [-0.15, -0.1) is 0 Å². The standard InChI is InChI=1S/C12H17BrN2O4S/c13-11-5-9(6-14)1-2-12(11)20(16,17)15-7-10-8-18-3-4-19-10/h1-2,5,10,15H,3-4,6-8,14H2. The van der Waals surface area contributed by atoms with Crippen molar-refractivity contribution in [2.75, 3.05) is 26.4 Å². The van der Waals surface area contributed by atoms with Gasteiger partial charge in [0.2, 0.25) is 10.0 Å². The minimum absolute atomic E-state index is 0.187. The highest BCUT2D eigenvalue weighted by atomic mass is 79.9. The van der Waals surface area contributed by atoms with Gasteiger partial charge in [0.25, 0.3) is 0 Å². The second kappa shape index (κ2) is 6.97. The summed E-state index contributed by atoms with van der Waals surface area (Å²) >= 11 is 3.26. The van der Waals surface area contributed by atoms with E-state index in [9.17, 15) is 8.42 Å². The molecule has 0 spiro atoms. The van der Waals surface area contributed by atoms with Crippen LogP contribution in [0.3, 0.4) is 0 Å². The van der Waals surface area contributed by atoms with Crippen LogP contribution in [0, 0.1) is 0 Å². The first-order valence-electron chi connectivity index (χ1n) is 6.20. The molecule has 0 aliphatic carbocycles. The highest BCUT2D eigenvalue weighted by Gasteiger charge is 2.21. The van der Waals surface area contributed by atoms with Gasteiger partial charge in [-0.05, 0) is 33.6 Å². The maximum absolute atomic E-state index is 12.2. The minimum atomic E-state index is -3.59. The lowest BCUT2D eigenvalue weighted by Crippen LogP contribution is -2.39. The zero-order valence-electron chi connectivity index (χ0n) is 10.8. The predicted octanol–water partition coefficient (Wildman–Crippen LogP) is 0.601. The van der Waals surface area contributed by atoms with E-state index in [1.165, 1.54) is 6.07 Å². The van der Waals surface area contributed by atoms with E-state index >= 15 is 0 Å². The molecule has 1 aliphatic heterocycles. The van der Waals surface area contributed by atoms with Gasteiger partial charge in [-0.25, -0.2) is 13.1 Å². The zero-order chi connectivity index (χ0) is 14.6. The first kappa shape index (κ1) is 15.9. The Morgan fingerprint density at radius 3 is 2.80 bits per heavy atom. The number of nitrogens with two attached hydrogens (primary N) is 1. The lowest BCUT2D eigenvalue weighted by atomic mass is 10.2.